The number of hydrogen-bond acceptors (Lipinski definition) is 5. The normalized spacial score (nSPS) is 18.0. The summed E-state index contributed by atoms with van der Waals surface area (Å²) in [5, 5.41) is 14.3. The molecule has 10 aromatic rings. The van der Waals surface area contributed by atoms with Gasteiger partial charge in [0.05, 0.1) is 11.0 Å². The Labute approximate surface area is 327 Å². The highest BCUT2D eigenvalue weighted by Crippen LogP contribution is 2.39. The van der Waals surface area contributed by atoms with E-state index in [9.17, 15) is 0 Å². The number of amidine groups is 1. The summed E-state index contributed by atoms with van der Waals surface area (Å²) in [5.41, 5.74) is 11.4. The molecule has 3 aromatic heterocycles. The molecule has 0 saturated heterocycles. The third-order valence-electron chi connectivity index (χ3n) is 11.8. The maximum Gasteiger partial charge on any atom is 0.143 e. The van der Waals surface area contributed by atoms with Gasteiger partial charge in [0.1, 0.15) is 40.3 Å². The van der Waals surface area contributed by atoms with Crippen LogP contribution in [0.3, 0.4) is 0 Å². The number of aliphatic imine (C=N–C) groups is 1. The molecular formula is C51H36N4O2. The summed E-state index contributed by atoms with van der Waals surface area (Å²) in [6, 6.07) is 57.8. The minimum absolute atomic E-state index is 0.0593. The van der Waals surface area contributed by atoms with Crippen LogP contribution >= 0.6 is 0 Å². The van der Waals surface area contributed by atoms with E-state index in [1.165, 1.54) is 27.4 Å². The van der Waals surface area contributed by atoms with Crippen molar-refractivity contribution in [2.45, 2.75) is 18.8 Å². The van der Waals surface area contributed by atoms with Crippen LogP contribution in [-0.4, -0.2) is 10.4 Å². The van der Waals surface area contributed by atoms with Crippen molar-refractivity contribution in [3.05, 3.63) is 186 Å². The zero-order valence-electron chi connectivity index (χ0n) is 30.9. The van der Waals surface area contributed by atoms with Gasteiger partial charge in [-0.1, -0.05) is 127 Å². The summed E-state index contributed by atoms with van der Waals surface area (Å²) in [7, 11) is 0. The van der Waals surface area contributed by atoms with Gasteiger partial charge >= 0.3 is 0 Å². The first-order valence-corrected chi connectivity index (χ1v) is 19.6. The Hall–Kier alpha value is -7.15. The maximum atomic E-state index is 6.82. The van der Waals surface area contributed by atoms with Crippen molar-refractivity contribution in [2.75, 3.05) is 0 Å². The van der Waals surface area contributed by atoms with Gasteiger partial charge in [0, 0.05) is 55.4 Å². The molecule has 57 heavy (non-hydrogen) atoms. The van der Waals surface area contributed by atoms with E-state index in [1.54, 1.807) is 0 Å². The van der Waals surface area contributed by atoms with Gasteiger partial charge in [-0.05, 0) is 65.6 Å². The van der Waals surface area contributed by atoms with Crippen molar-refractivity contribution in [1.29, 1.82) is 0 Å². The molecule has 2 aliphatic rings. The average molecular weight is 737 g/mol. The summed E-state index contributed by atoms with van der Waals surface area (Å²) in [6.45, 7) is 0. The van der Waals surface area contributed by atoms with Crippen LogP contribution in [0.25, 0.3) is 83.7 Å². The minimum Gasteiger partial charge on any atom is -0.456 e. The summed E-state index contributed by atoms with van der Waals surface area (Å²) in [4.78, 5) is 5.26. The molecular weight excluding hydrogens is 701 g/mol. The fourth-order valence-corrected chi connectivity index (χ4v) is 9.07. The lowest BCUT2D eigenvalue weighted by Crippen LogP contribution is -2.47. The maximum absolute atomic E-state index is 6.82. The van der Waals surface area contributed by atoms with Crippen molar-refractivity contribution in [3.63, 3.8) is 0 Å². The second-order valence-corrected chi connectivity index (χ2v) is 15.1. The van der Waals surface area contributed by atoms with Crippen LogP contribution in [0.4, 0.5) is 0 Å². The highest BCUT2D eigenvalue weighted by molar-refractivity contribution is 6.12. The van der Waals surface area contributed by atoms with E-state index in [4.69, 9.17) is 13.8 Å². The first kappa shape index (κ1) is 32.1. The van der Waals surface area contributed by atoms with Crippen molar-refractivity contribution in [1.82, 2.24) is 15.2 Å². The van der Waals surface area contributed by atoms with Crippen LogP contribution < -0.4 is 21.3 Å². The predicted octanol–water partition coefficient (Wildman–Crippen LogP) is 10.7. The minimum atomic E-state index is -0.169. The topological polar surface area (TPSA) is 67.6 Å². The van der Waals surface area contributed by atoms with Crippen LogP contribution in [0.1, 0.15) is 29.9 Å². The largest absolute Gasteiger partial charge is 0.456 e. The standard InChI is InChI=1S/C51H36N4O2/c1-3-12-31(13-4-1)49-52-50(32-14-5-2-6-15-32)54-51(53-49)34-23-27-46-42(29-34)41-28-33(22-26-45(41)56-46)36-18-11-19-40-39-25-24-35(30-47(39)57-48(36)40)55-43-20-9-7-16-37(43)38-17-8-10-21-44(38)55/h1-22,24-30,34,49-50,52H,23H2,(H,53,54). The lowest BCUT2D eigenvalue weighted by Gasteiger charge is -2.34. The Bertz CT molecular complexity index is 3300. The zero-order valence-corrected chi connectivity index (χ0v) is 30.9. The van der Waals surface area contributed by atoms with Crippen LogP contribution in [-0.2, 0) is 0 Å². The Kier molecular flexibility index (Phi) is 7.16. The van der Waals surface area contributed by atoms with E-state index in [2.05, 4.69) is 185 Å². The van der Waals surface area contributed by atoms with Gasteiger partial charge in [0.2, 0.25) is 0 Å². The fourth-order valence-electron chi connectivity index (χ4n) is 9.07. The third kappa shape index (κ3) is 5.18. The molecule has 2 N–H and O–H groups in total. The number of fused-ring (bicyclic) bond motifs is 9. The molecule has 4 heterocycles. The molecule has 1 aliphatic heterocycles. The molecule has 0 amide bonds. The van der Waals surface area contributed by atoms with Crippen molar-refractivity contribution in [3.8, 4) is 16.8 Å². The van der Waals surface area contributed by atoms with E-state index >= 15 is 0 Å². The van der Waals surface area contributed by atoms with Gasteiger partial charge in [-0.3, -0.25) is 5.32 Å². The Balaban J connectivity index is 0.950. The van der Waals surface area contributed by atoms with E-state index < -0.39 is 0 Å². The smallest absolute Gasteiger partial charge is 0.143 e. The van der Waals surface area contributed by atoms with Crippen LogP contribution in [0, 0.1) is 5.92 Å². The van der Waals surface area contributed by atoms with Crippen molar-refractivity contribution < 1.29 is 8.83 Å². The summed E-state index contributed by atoms with van der Waals surface area (Å²) >= 11 is 0. The number of para-hydroxylation sites is 3. The predicted molar refractivity (Wildman–Crippen MR) is 232 cm³/mol. The Morgan fingerprint density at radius 3 is 2.09 bits per heavy atom. The highest BCUT2D eigenvalue weighted by atomic mass is 16.3. The Morgan fingerprint density at radius 2 is 1.30 bits per heavy atom. The molecule has 0 spiro atoms. The third-order valence-corrected chi connectivity index (χ3v) is 11.8. The molecule has 0 radical (unpaired) electrons. The van der Waals surface area contributed by atoms with Crippen molar-refractivity contribution in [2.24, 2.45) is 10.9 Å². The first-order valence-electron chi connectivity index (χ1n) is 19.6. The average Bonchev–Trinajstić information content (AvgIpc) is 3.95. The van der Waals surface area contributed by atoms with E-state index in [1.807, 2.05) is 6.07 Å². The monoisotopic (exact) mass is 736 g/mol. The van der Waals surface area contributed by atoms with E-state index in [0.717, 1.165) is 78.2 Å². The zero-order chi connectivity index (χ0) is 37.5. The molecule has 3 atom stereocenters. The molecule has 6 nitrogen and oxygen atoms in total. The lowest BCUT2D eigenvalue weighted by atomic mass is 9.95. The molecule has 1 aliphatic carbocycles. The van der Waals surface area contributed by atoms with Gasteiger partial charge in [-0.2, -0.15) is 0 Å². The molecule has 0 fully saturated rings. The van der Waals surface area contributed by atoms with Gasteiger partial charge in [-0.25, -0.2) is 4.99 Å². The lowest BCUT2D eigenvalue weighted by molar-refractivity contribution is 0.401. The molecule has 272 valence electrons. The van der Waals surface area contributed by atoms with Gasteiger partial charge in [0.15, 0.2) is 0 Å². The molecule has 7 aromatic carbocycles. The number of aromatic nitrogens is 1. The van der Waals surface area contributed by atoms with Gasteiger partial charge in [0.25, 0.3) is 0 Å². The summed E-state index contributed by atoms with van der Waals surface area (Å²) in [6.07, 6.45) is 5.11. The summed E-state index contributed by atoms with van der Waals surface area (Å²) < 4.78 is 15.6. The van der Waals surface area contributed by atoms with Gasteiger partial charge in [-0.15, -0.1) is 0 Å². The van der Waals surface area contributed by atoms with Crippen molar-refractivity contribution >= 4 is 72.7 Å². The molecule has 6 heteroatoms. The number of nitrogens with one attached hydrogen (secondary N) is 2. The Morgan fingerprint density at radius 1 is 0.579 bits per heavy atom. The second-order valence-electron chi connectivity index (χ2n) is 15.1. The number of hydrogen-bond donors (Lipinski definition) is 2. The molecule has 0 bridgehead atoms. The number of benzene rings is 7. The molecule has 3 unspecified atom stereocenters. The van der Waals surface area contributed by atoms with Crippen LogP contribution in [0.15, 0.2) is 178 Å². The SMILES string of the molecule is C1=c2oc3ccc(-c4cccc5c4oc4cc(-n6c7ccccc7c7ccccc76)ccc45)cc3c2=CC(C2=NC(c3ccccc3)NC(c3ccccc3)N2)C1. The van der Waals surface area contributed by atoms with Crippen LogP contribution in [0.2, 0.25) is 0 Å². The van der Waals surface area contributed by atoms with E-state index in [-0.39, 0.29) is 18.2 Å². The van der Waals surface area contributed by atoms with Gasteiger partial charge < -0.3 is 18.7 Å². The highest BCUT2D eigenvalue weighted by Gasteiger charge is 2.29. The number of furan rings is 2. The number of nitrogens with zero attached hydrogens (tertiary/aromatic N) is 2. The molecule has 0 saturated carbocycles. The second kappa shape index (κ2) is 12.7. The van der Waals surface area contributed by atoms with Crippen LogP contribution in [0.5, 0.6) is 0 Å². The number of rotatable bonds is 5. The first-order chi connectivity index (χ1) is 28.2. The quantitative estimate of drug-likeness (QED) is 0.185. The fraction of sp³-hybridized carbons (Fsp3) is 0.0784. The summed E-state index contributed by atoms with van der Waals surface area (Å²) in [5.74, 6) is 1.03. The molecule has 12 rings (SSSR count). The van der Waals surface area contributed by atoms with E-state index in [0.29, 0.717) is 0 Å².